The number of halogens is 2. The van der Waals surface area contributed by atoms with Gasteiger partial charge in [0.2, 0.25) is 0 Å². The van der Waals surface area contributed by atoms with Crippen LogP contribution < -0.4 is 15.5 Å². The normalized spacial score (nSPS) is 21.3. The molecule has 32 heavy (non-hydrogen) atoms. The number of nitrogens with zero attached hydrogens (tertiary/aromatic N) is 5. The highest BCUT2D eigenvalue weighted by Crippen LogP contribution is 2.37. The molecule has 4 heterocycles. The van der Waals surface area contributed by atoms with Crippen LogP contribution in [0.15, 0.2) is 36.7 Å². The number of aromatic nitrogens is 3. The summed E-state index contributed by atoms with van der Waals surface area (Å²) in [7, 11) is 0. The second kappa shape index (κ2) is 8.34. The Morgan fingerprint density at radius 1 is 1.25 bits per heavy atom. The van der Waals surface area contributed by atoms with E-state index in [4.69, 9.17) is 4.98 Å². The number of anilines is 2. The average molecular weight is 441 g/mol. The Morgan fingerprint density at radius 2 is 2.12 bits per heavy atom. The summed E-state index contributed by atoms with van der Waals surface area (Å²) in [5.74, 6) is -0.248. The summed E-state index contributed by atoms with van der Waals surface area (Å²) >= 11 is 0. The Morgan fingerprint density at radius 3 is 2.97 bits per heavy atom. The van der Waals surface area contributed by atoms with E-state index in [1.165, 1.54) is 12.1 Å². The molecule has 8 nitrogen and oxygen atoms in total. The third-order valence-corrected chi connectivity index (χ3v) is 6.12. The van der Waals surface area contributed by atoms with Crippen LogP contribution in [0.2, 0.25) is 0 Å². The van der Waals surface area contributed by atoms with Crippen molar-refractivity contribution in [3.05, 3.63) is 53.9 Å². The van der Waals surface area contributed by atoms with Gasteiger partial charge in [-0.2, -0.15) is 5.10 Å². The maximum atomic E-state index is 14.4. The molecule has 2 unspecified atom stereocenters. The number of carbonyl (C=O) groups excluding carboxylic acids is 1. The van der Waals surface area contributed by atoms with Gasteiger partial charge in [0, 0.05) is 44.0 Å². The monoisotopic (exact) mass is 441 g/mol. The highest BCUT2D eigenvalue weighted by Gasteiger charge is 2.30. The highest BCUT2D eigenvalue weighted by atomic mass is 19.1. The Balaban J connectivity index is 1.42. The van der Waals surface area contributed by atoms with E-state index in [0.29, 0.717) is 48.8 Å². The van der Waals surface area contributed by atoms with Crippen LogP contribution >= 0.6 is 0 Å². The molecular weight excluding hydrogens is 416 g/mol. The molecule has 2 fully saturated rings. The molecule has 1 aromatic carbocycles. The molecule has 2 amide bonds. The van der Waals surface area contributed by atoms with Crippen LogP contribution in [0, 0.1) is 11.6 Å². The average Bonchev–Trinajstić information content (AvgIpc) is 3.42. The van der Waals surface area contributed by atoms with Gasteiger partial charge in [-0.3, -0.25) is 0 Å². The molecule has 10 heteroatoms. The predicted molar refractivity (Wildman–Crippen MR) is 117 cm³/mol. The van der Waals surface area contributed by atoms with Gasteiger partial charge in [0.25, 0.3) is 0 Å². The number of rotatable bonds is 3. The molecule has 2 N–H and O–H groups in total. The standard InChI is InChI=1S/C22H25F2N7O/c1-14-13-29(10-7-25-14)22(32)27-18-12-26-31-9-6-20(28-21(18)31)30-8-2-3-19(30)16-11-15(23)4-5-17(16)24/h4-6,9,11-12,14,19,25H,2-3,7-8,10,13H2,1H3,(H,27,32). The minimum Gasteiger partial charge on any atom is -0.349 e. The number of urea groups is 1. The van der Waals surface area contributed by atoms with E-state index >= 15 is 0 Å². The van der Waals surface area contributed by atoms with E-state index in [1.807, 2.05) is 11.8 Å². The fourth-order valence-corrected chi connectivity index (χ4v) is 4.55. The SMILES string of the molecule is CC1CN(C(=O)Nc2cnn3ccc(N4CCCC4c4cc(F)ccc4F)nc23)CCN1. The Hall–Kier alpha value is -3.27. The summed E-state index contributed by atoms with van der Waals surface area (Å²) in [6.07, 6.45) is 4.88. The minimum absolute atomic E-state index is 0.193. The van der Waals surface area contributed by atoms with Gasteiger partial charge in [0.1, 0.15) is 23.1 Å². The van der Waals surface area contributed by atoms with Crippen molar-refractivity contribution in [2.45, 2.75) is 31.8 Å². The molecule has 3 aromatic rings. The minimum atomic E-state index is -0.459. The quantitative estimate of drug-likeness (QED) is 0.653. The fourth-order valence-electron chi connectivity index (χ4n) is 4.55. The summed E-state index contributed by atoms with van der Waals surface area (Å²) < 4.78 is 29.8. The van der Waals surface area contributed by atoms with E-state index in [2.05, 4.69) is 15.7 Å². The molecule has 0 bridgehead atoms. The first-order valence-corrected chi connectivity index (χ1v) is 10.8. The van der Waals surface area contributed by atoms with Crippen molar-refractivity contribution in [1.82, 2.24) is 24.8 Å². The lowest BCUT2D eigenvalue weighted by atomic mass is 10.0. The third kappa shape index (κ3) is 3.86. The lowest BCUT2D eigenvalue weighted by Crippen LogP contribution is -2.52. The number of hydrogen-bond acceptors (Lipinski definition) is 5. The van der Waals surface area contributed by atoms with Crippen molar-refractivity contribution < 1.29 is 13.6 Å². The molecule has 2 aliphatic rings. The van der Waals surface area contributed by atoms with Crippen molar-refractivity contribution in [2.24, 2.45) is 0 Å². The summed E-state index contributed by atoms with van der Waals surface area (Å²) in [6.45, 7) is 4.72. The zero-order chi connectivity index (χ0) is 22.2. The molecule has 0 spiro atoms. The van der Waals surface area contributed by atoms with Gasteiger partial charge < -0.3 is 20.4 Å². The summed E-state index contributed by atoms with van der Waals surface area (Å²) in [5, 5.41) is 10.5. The van der Waals surface area contributed by atoms with Gasteiger partial charge in [-0.05, 0) is 44.0 Å². The van der Waals surface area contributed by atoms with Crippen LogP contribution in [0.1, 0.15) is 31.4 Å². The number of nitrogens with one attached hydrogen (secondary N) is 2. The van der Waals surface area contributed by atoms with Crippen LogP contribution in [0.5, 0.6) is 0 Å². The van der Waals surface area contributed by atoms with Gasteiger partial charge in [-0.1, -0.05) is 0 Å². The lowest BCUT2D eigenvalue weighted by Gasteiger charge is -2.31. The van der Waals surface area contributed by atoms with Crippen LogP contribution in [-0.4, -0.2) is 57.7 Å². The fraction of sp³-hybridized carbons (Fsp3) is 0.409. The smallest absolute Gasteiger partial charge is 0.322 e. The molecule has 0 aliphatic carbocycles. The topological polar surface area (TPSA) is 77.8 Å². The molecule has 2 saturated heterocycles. The maximum Gasteiger partial charge on any atom is 0.322 e. The Labute approximate surface area is 184 Å². The zero-order valence-electron chi connectivity index (χ0n) is 17.8. The number of carbonyl (C=O) groups is 1. The van der Waals surface area contributed by atoms with Crippen LogP contribution in [0.25, 0.3) is 5.65 Å². The molecular formula is C22H25F2N7O. The molecule has 0 radical (unpaired) electrons. The number of amides is 2. The summed E-state index contributed by atoms with van der Waals surface area (Å²) in [5.41, 5.74) is 1.35. The molecule has 2 aromatic heterocycles. The van der Waals surface area contributed by atoms with Crippen molar-refractivity contribution in [3.63, 3.8) is 0 Å². The van der Waals surface area contributed by atoms with Crippen molar-refractivity contribution in [3.8, 4) is 0 Å². The molecule has 168 valence electrons. The predicted octanol–water partition coefficient (Wildman–Crippen LogP) is 3.17. The van der Waals surface area contributed by atoms with E-state index in [-0.39, 0.29) is 18.1 Å². The van der Waals surface area contributed by atoms with Gasteiger partial charge in [-0.15, -0.1) is 0 Å². The lowest BCUT2D eigenvalue weighted by molar-refractivity contribution is 0.192. The van der Waals surface area contributed by atoms with E-state index in [0.717, 1.165) is 19.0 Å². The van der Waals surface area contributed by atoms with E-state index in [1.54, 1.807) is 27.9 Å². The van der Waals surface area contributed by atoms with Crippen molar-refractivity contribution >= 4 is 23.2 Å². The summed E-state index contributed by atoms with van der Waals surface area (Å²) in [6, 6.07) is 5.10. The largest absolute Gasteiger partial charge is 0.349 e. The Bertz CT molecular complexity index is 1150. The first kappa shape index (κ1) is 20.6. The summed E-state index contributed by atoms with van der Waals surface area (Å²) in [4.78, 5) is 21.2. The zero-order valence-corrected chi connectivity index (χ0v) is 17.8. The molecule has 0 saturated carbocycles. The van der Waals surface area contributed by atoms with Crippen LogP contribution in [-0.2, 0) is 0 Å². The van der Waals surface area contributed by atoms with Gasteiger partial charge in [-0.25, -0.2) is 23.1 Å². The number of piperazine rings is 1. The van der Waals surface area contributed by atoms with Crippen LogP contribution in [0.4, 0.5) is 25.1 Å². The number of hydrogen-bond donors (Lipinski definition) is 2. The van der Waals surface area contributed by atoms with E-state index in [9.17, 15) is 13.6 Å². The number of benzene rings is 1. The maximum absolute atomic E-state index is 14.4. The molecule has 5 rings (SSSR count). The third-order valence-electron chi connectivity index (χ3n) is 6.12. The first-order chi connectivity index (χ1) is 15.5. The van der Waals surface area contributed by atoms with Gasteiger partial charge in [0.15, 0.2) is 5.65 Å². The molecule has 2 aliphatic heterocycles. The van der Waals surface area contributed by atoms with Gasteiger partial charge >= 0.3 is 6.03 Å². The Kier molecular flexibility index (Phi) is 5.38. The second-order valence-electron chi connectivity index (χ2n) is 8.36. The van der Waals surface area contributed by atoms with E-state index < -0.39 is 11.6 Å². The van der Waals surface area contributed by atoms with Gasteiger partial charge in [0.05, 0.1) is 12.2 Å². The second-order valence-corrected chi connectivity index (χ2v) is 8.36. The van der Waals surface area contributed by atoms with Crippen LogP contribution in [0.3, 0.4) is 0 Å². The van der Waals surface area contributed by atoms with Crippen molar-refractivity contribution in [1.29, 1.82) is 0 Å². The molecule has 2 atom stereocenters. The number of fused-ring (bicyclic) bond motifs is 1. The first-order valence-electron chi connectivity index (χ1n) is 10.8. The van der Waals surface area contributed by atoms with Crippen molar-refractivity contribution in [2.75, 3.05) is 36.4 Å². The highest BCUT2D eigenvalue weighted by molar-refractivity contribution is 5.93.